The average Bonchev–Trinajstić information content (AvgIpc) is 3.54. The summed E-state index contributed by atoms with van der Waals surface area (Å²) in [4.78, 5) is 26.2. The molecule has 41 heavy (non-hydrogen) atoms. The predicted octanol–water partition coefficient (Wildman–Crippen LogP) is 5.92. The number of urea groups is 1. The summed E-state index contributed by atoms with van der Waals surface area (Å²) in [5, 5.41) is 7.42. The molecule has 2 N–H and O–H groups in total. The van der Waals surface area contributed by atoms with Gasteiger partial charge in [0.05, 0.1) is 23.3 Å². The van der Waals surface area contributed by atoms with Crippen LogP contribution in [0.15, 0.2) is 60.9 Å². The van der Waals surface area contributed by atoms with E-state index in [0.717, 1.165) is 19.5 Å². The van der Waals surface area contributed by atoms with Crippen molar-refractivity contribution >= 4 is 45.7 Å². The van der Waals surface area contributed by atoms with E-state index >= 15 is 0 Å². The number of nitrogens with one attached hydrogen (secondary N) is 2. The molecule has 0 bridgehead atoms. The van der Waals surface area contributed by atoms with Crippen LogP contribution in [-0.4, -0.2) is 65.6 Å². The van der Waals surface area contributed by atoms with Crippen LogP contribution < -0.4 is 20.1 Å². The van der Waals surface area contributed by atoms with Crippen LogP contribution in [0.4, 0.5) is 26.4 Å². The zero-order chi connectivity index (χ0) is 28.5. The van der Waals surface area contributed by atoms with E-state index in [1.807, 2.05) is 17.0 Å². The summed E-state index contributed by atoms with van der Waals surface area (Å²) in [5.74, 6) is 1.71. The maximum absolute atomic E-state index is 13.5. The number of carbonyl (C=O) groups is 1. The first-order valence-electron chi connectivity index (χ1n) is 13.4. The van der Waals surface area contributed by atoms with Crippen LogP contribution in [0, 0.1) is 11.7 Å². The molecule has 2 aliphatic rings. The highest BCUT2D eigenvalue weighted by atomic mass is 35.5. The maximum atomic E-state index is 13.5. The van der Waals surface area contributed by atoms with Gasteiger partial charge in [-0.1, -0.05) is 23.7 Å². The van der Waals surface area contributed by atoms with Crippen LogP contribution in [0.1, 0.15) is 12.0 Å². The molecule has 11 heteroatoms. The number of carbonyl (C=O) groups excluding carboxylic acids is 1. The van der Waals surface area contributed by atoms with E-state index in [1.54, 1.807) is 37.4 Å². The summed E-state index contributed by atoms with van der Waals surface area (Å²) < 4.78 is 24.8. The minimum Gasteiger partial charge on any atom is -0.494 e. The Hall–Kier alpha value is -4.15. The third kappa shape index (κ3) is 5.71. The van der Waals surface area contributed by atoms with E-state index in [1.165, 1.54) is 18.5 Å². The topological polar surface area (TPSA) is 91.8 Å². The van der Waals surface area contributed by atoms with E-state index in [-0.39, 0.29) is 18.5 Å². The largest absolute Gasteiger partial charge is 0.494 e. The van der Waals surface area contributed by atoms with Gasteiger partial charge in [-0.05, 0) is 67.9 Å². The fraction of sp³-hybridized carbons (Fsp3) is 0.300. The van der Waals surface area contributed by atoms with Crippen LogP contribution in [0.25, 0.3) is 10.9 Å². The van der Waals surface area contributed by atoms with Crippen LogP contribution >= 0.6 is 11.6 Å². The van der Waals surface area contributed by atoms with Gasteiger partial charge in [0.1, 0.15) is 36.1 Å². The number of anilines is 3. The number of hydrogen-bond acceptors (Lipinski definition) is 7. The van der Waals surface area contributed by atoms with Crippen LogP contribution in [0.2, 0.25) is 5.02 Å². The molecule has 2 amide bonds. The van der Waals surface area contributed by atoms with Crippen molar-refractivity contribution in [1.82, 2.24) is 19.8 Å². The molecule has 0 saturated carbocycles. The Balaban J connectivity index is 1.20. The van der Waals surface area contributed by atoms with Crippen molar-refractivity contribution in [3.8, 4) is 11.5 Å². The fourth-order valence-corrected chi connectivity index (χ4v) is 5.84. The Morgan fingerprint density at radius 3 is 2.78 bits per heavy atom. The van der Waals surface area contributed by atoms with Gasteiger partial charge < -0.3 is 29.9 Å². The third-order valence-electron chi connectivity index (χ3n) is 7.79. The third-order valence-corrected chi connectivity index (χ3v) is 8.08. The molecule has 2 unspecified atom stereocenters. The van der Waals surface area contributed by atoms with E-state index in [9.17, 15) is 9.18 Å². The number of rotatable bonds is 7. The lowest BCUT2D eigenvalue weighted by Crippen LogP contribution is -2.37. The number of ether oxygens (including phenoxy) is 2. The van der Waals surface area contributed by atoms with Crippen molar-refractivity contribution in [3.05, 3.63) is 77.3 Å². The molecule has 3 aromatic carbocycles. The summed E-state index contributed by atoms with van der Waals surface area (Å²) in [6.45, 7) is 2.72. The first-order chi connectivity index (χ1) is 19.9. The molecule has 4 aromatic rings. The number of likely N-dealkylation sites (N-methyl/N-ethyl adjacent to an activating group) is 1. The smallest absolute Gasteiger partial charge is 0.322 e. The SMILES string of the molecule is COc1cc2ncnc(Nc3ccc(OCc4cccc(F)c4)c(Cl)c3)c2cc1NC(=O)N1CC2CCN(C)C2C1. The number of benzene rings is 3. The summed E-state index contributed by atoms with van der Waals surface area (Å²) in [5.41, 5.74) is 2.57. The Labute approximate surface area is 242 Å². The number of nitrogens with zero attached hydrogens (tertiary/aromatic N) is 4. The molecule has 2 saturated heterocycles. The highest BCUT2D eigenvalue weighted by Crippen LogP contribution is 2.36. The second-order valence-electron chi connectivity index (χ2n) is 10.4. The Morgan fingerprint density at radius 2 is 2.00 bits per heavy atom. The van der Waals surface area contributed by atoms with Gasteiger partial charge >= 0.3 is 6.03 Å². The Kier molecular flexibility index (Phi) is 7.51. The summed E-state index contributed by atoms with van der Waals surface area (Å²) in [6.07, 6.45) is 2.57. The minimum atomic E-state index is -0.319. The number of aromatic nitrogens is 2. The van der Waals surface area contributed by atoms with Gasteiger partial charge in [-0.25, -0.2) is 19.2 Å². The van der Waals surface area contributed by atoms with Crippen LogP contribution in [0.3, 0.4) is 0 Å². The molecule has 2 atom stereocenters. The molecule has 3 heterocycles. The first kappa shape index (κ1) is 27.0. The maximum Gasteiger partial charge on any atom is 0.322 e. The van der Waals surface area contributed by atoms with Crippen molar-refractivity contribution in [2.24, 2.45) is 5.92 Å². The van der Waals surface area contributed by atoms with Crippen molar-refractivity contribution in [2.75, 3.05) is 44.4 Å². The van der Waals surface area contributed by atoms with Crippen LogP contribution in [-0.2, 0) is 6.61 Å². The van der Waals surface area contributed by atoms with Crippen molar-refractivity contribution in [2.45, 2.75) is 19.1 Å². The van der Waals surface area contributed by atoms with E-state index in [2.05, 4.69) is 32.5 Å². The molecule has 9 nitrogen and oxygen atoms in total. The van der Waals surface area contributed by atoms with Gasteiger partial charge in [-0.2, -0.15) is 0 Å². The molecular formula is C30H30ClFN6O3. The monoisotopic (exact) mass is 576 g/mol. The number of fused-ring (bicyclic) bond motifs is 2. The number of methoxy groups -OCH3 is 1. The first-order valence-corrected chi connectivity index (χ1v) is 13.8. The molecule has 0 radical (unpaired) electrons. The van der Waals surface area contributed by atoms with E-state index < -0.39 is 0 Å². The summed E-state index contributed by atoms with van der Waals surface area (Å²) in [6, 6.07) is 15.4. The Morgan fingerprint density at radius 1 is 1.12 bits per heavy atom. The molecule has 6 rings (SSSR count). The number of halogens is 2. The lowest BCUT2D eigenvalue weighted by atomic mass is 10.1. The second kappa shape index (κ2) is 11.4. The van der Waals surface area contributed by atoms with Crippen molar-refractivity contribution in [3.63, 3.8) is 0 Å². The zero-order valence-electron chi connectivity index (χ0n) is 22.7. The standard InChI is InChI=1S/C30H30ClFN6O3/c1-37-9-8-19-14-38(15-26(19)37)30(39)36-25-12-22-24(13-28(25)40-2)33-17-34-29(22)35-21-6-7-27(23(31)11-21)41-16-18-4-3-5-20(32)10-18/h3-7,10-13,17,19,26H,8-9,14-16H2,1-2H3,(H,36,39)(H,33,34,35). The quantitative estimate of drug-likeness (QED) is 0.282. The highest BCUT2D eigenvalue weighted by Gasteiger charge is 2.41. The molecular weight excluding hydrogens is 547 g/mol. The summed E-state index contributed by atoms with van der Waals surface area (Å²) >= 11 is 6.50. The van der Waals surface area contributed by atoms with Gasteiger partial charge in [0, 0.05) is 36.3 Å². The highest BCUT2D eigenvalue weighted by molar-refractivity contribution is 6.32. The normalized spacial score (nSPS) is 18.4. The number of hydrogen-bond donors (Lipinski definition) is 2. The molecule has 2 aliphatic heterocycles. The van der Waals surface area contributed by atoms with Crippen molar-refractivity contribution in [1.29, 1.82) is 0 Å². The van der Waals surface area contributed by atoms with Gasteiger partial charge in [-0.15, -0.1) is 0 Å². The fourth-order valence-electron chi connectivity index (χ4n) is 5.60. The van der Waals surface area contributed by atoms with Gasteiger partial charge in [0.15, 0.2) is 0 Å². The molecule has 0 aliphatic carbocycles. The lowest BCUT2D eigenvalue weighted by molar-refractivity contribution is 0.213. The molecule has 2 fully saturated rings. The number of amides is 2. The predicted molar refractivity (Wildman–Crippen MR) is 157 cm³/mol. The van der Waals surface area contributed by atoms with Crippen molar-refractivity contribution < 1.29 is 18.7 Å². The minimum absolute atomic E-state index is 0.155. The molecule has 1 aromatic heterocycles. The Bertz CT molecular complexity index is 1600. The average molecular weight is 577 g/mol. The lowest BCUT2D eigenvalue weighted by Gasteiger charge is -2.22. The summed E-state index contributed by atoms with van der Waals surface area (Å²) in [7, 11) is 3.68. The van der Waals surface area contributed by atoms with Crippen LogP contribution in [0.5, 0.6) is 11.5 Å². The van der Waals surface area contributed by atoms with Gasteiger partial charge in [0.25, 0.3) is 0 Å². The zero-order valence-corrected chi connectivity index (χ0v) is 23.5. The molecule has 212 valence electrons. The van der Waals surface area contributed by atoms with E-state index in [0.29, 0.717) is 68.7 Å². The van der Waals surface area contributed by atoms with Gasteiger partial charge in [0.2, 0.25) is 0 Å². The van der Waals surface area contributed by atoms with Gasteiger partial charge in [-0.3, -0.25) is 0 Å². The second-order valence-corrected chi connectivity index (χ2v) is 10.8. The number of likely N-dealkylation sites (tertiary alicyclic amines) is 2. The van der Waals surface area contributed by atoms with E-state index in [4.69, 9.17) is 21.1 Å². The molecule has 0 spiro atoms.